The van der Waals surface area contributed by atoms with Crippen LogP contribution < -0.4 is 5.32 Å². The van der Waals surface area contributed by atoms with E-state index < -0.39 is 0 Å². The summed E-state index contributed by atoms with van der Waals surface area (Å²) in [4.78, 5) is 9.02. The second kappa shape index (κ2) is 5.35. The van der Waals surface area contributed by atoms with E-state index in [-0.39, 0.29) is 11.5 Å². The highest BCUT2D eigenvalue weighted by Crippen LogP contribution is 2.27. The summed E-state index contributed by atoms with van der Waals surface area (Å²) in [6.45, 7) is 10.6. The van der Waals surface area contributed by atoms with Gasteiger partial charge in [-0.1, -0.05) is 20.8 Å². The van der Waals surface area contributed by atoms with Gasteiger partial charge >= 0.3 is 0 Å². The van der Waals surface area contributed by atoms with Gasteiger partial charge in [-0.3, -0.25) is 0 Å². The second-order valence-electron chi connectivity index (χ2n) is 6.58. The Bertz CT molecular complexity index is 796. The third kappa shape index (κ3) is 2.83. The van der Waals surface area contributed by atoms with Gasteiger partial charge in [0.1, 0.15) is 10.5 Å². The molecule has 0 aromatic carbocycles. The SMILES string of the molecule is Cc1csc(C(C)Nc2nccn3nc(C(C)(C)C)cc23)n1. The molecule has 1 atom stereocenters. The highest BCUT2D eigenvalue weighted by atomic mass is 32.1. The molecule has 6 heteroatoms. The molecule has 0 radical (unpaired) electrons. The lowest BCUT2D eigenvalue weighted by molar-refractivity contribution is 0.562. The summed E-state index contributed by atoms with van der Waals surface area (Å²) >= 11 is 1.67. The lowest BCUT2D eigenvalue weighted by Gasteiger charge is -2.13. The molecule has 0 saturated carbocycles. The van der Waals surface area contributed by atoms with Crippen molar-refractivity contribution in [1.82, 2.24) is 19.6 Å². The number of aryl methyl sites for hydroxylation is 1. The first-order valence-electron chi connectivity index (χ1n) is 7.38. The molecule has 116 valence electrons. The van der Waals surface area contributed by atoms with Crippen molar-refractivity contribution >= 4 is 22.7 Å². The van der Waals surface area contributed by atoms with E-state index >= 15 is 0 Å². The topological polar surface area (TPSA) is 55.1 Å². The number of anilines is 1. The van der Waals surface area contributed by atoms with Crippen LogP contribution in [0, 0.1) is 6.92 Å². The van der Waals surface area contributed by atoms with Crippen molar-refractivity contribution in [2.45, 2.75) is 46.1 Å². The minimum absolute atomic E-state index is 0.0152. The first-order chi connectivity index (χ1) is 10.3. The Morgan fingerprint density at radius 2 is 2.09 bits per heavy atom. The van der Waals surface area contributed by atoms with E-state index in [1.165, 1.54) is 0 Å². The fraction of sp³-hybridized carbons (Fsp3) is 0.438. The van der Waals surface area contributed by atoms with E-state index in [4.69, 9.17) is 0 Å². The molecule has 3 rings (SSSR count). The Labute approximate surface area is 134 Å². The minimum atomic E-state index is 0.0152. The van der Waals surface area contributed by atoms with Crippen LogP contribution in [0.4, 0.5) is 5.82 Å². The molecule has 3 heterocycles. The molecule has 22 heavy (non-hydrogen) atoms. The molecule has 1 unspecified atom stereocenters. The fourth-order valence-electron chi connectivity index (χ4n) is 2.24. The molecule has 3 aromatic heterocycles. The molecule has 0 spiro atoms. The van der Waals surface area contributed by atoms with E-state index in [1.807, 2.05) is 17.6 Å². The lowest BCUT2D eigenvalue weighted by Crippen LogP contribution is -2.11. The number of aromatic nitrogens is 4. The van der Waals surface area contributed by atoms with Crippen LogP contribution >= 0.6 is 11.3 Å². The van der Waals surface area contributed by atoms with E-state index in [0.717, 1.165) is 27.7 Å². The molecule has 1 N–H and O–H groups in total. The zero-order chi connectivity index (χ0) is 15.9. The van der Waals surface area contributed by atoms with Crippen LogP contribution in [0.25, 0.3) is 5.52 Å². The molecule has 0 fully saturated rings. The number of nitrogens with zero attached hydrogens (tertiary/aromatic N) is 4. The molecule has 3 aromatic rings. The Hall–Kier alpha value is -1.95. The maximum atomic E-state index is 4.65. The monoisotopic (exact) mass is 315 g/mol. The fourth-order valence-corrected chi connectivity index (χ4v) is 3.04. The maximum Gasteiger partial charge on any atom is 0.152 e. The summed E-state index contributed by atoms with van der Waals surface area (Å²) in [5, 5.41) is 11.2. The summed E-state index contributed by atoms with van der Waals surface area (Å²) in [5.41, 5.74) is 3.12. The molecule has 0 aliphatic heterocycles. The summed E-state index contributed by atoms with van der Waals surface area (Å²) in [6.07, 6.45) is 3.66. The molecular weight excluding hydrogens is 294 g/mol. The van der Waals surface area contributed by atoms with Crippen LogP contribution in [0.15, 0.2) is 23.8 Å². The van der Waals surface area contributed by atoms with Gasteiger partial charge in [-0.15, -0.1) is 11.3 Å². The van der Waals surface area contributed by atoms with Gasteiger partial charge in [0.2, 0.25) is 0 Å². The van der Waals surface area contributed by atoms with Gasteiger partial charge in [-0.25, -0.2) is 14.5 Å². The van der Waals surface area contributed by atoms with Gasteiger partial charge in [0.25, 0.3) is 0 Å². The Kier molecular flexibility index (Phi) is 3.64. The Balaban J connectivity index is 1.95. The second-order valence-corrected chi connectivity index (χ2v) is 7.47. The molecular formula is C16H21N5S. The van der Waals surface area contributed by atoms with Crippen molar-refractivity contribution in [2.24, 2.45) is 0 Å². The van der Waals surface area contributed by atoms with Crippen LogP contribution in [-0.2, 0) is 5.41 Å². The lowest BCUT2D eigenvalue weighted by atomic mass is 9.92. The highest BCUT2D eigenvalue weighted by Gasteiger charge is 2.20. The maximum absolute atomic E-state index is 4.65. The predicted molar refractivity (Wildman–Crippen MR) is 90.6 cm³/mol. The Morgan fingerprint density at radius 1 is 1.32 bits per heavy atom. The van der Waals surface area contributed by atoms with Crippen molar-refractivity contribution in [3.05, 3.63) is 40.2 Å². The van der Waals surface area contributed by atoms with Gasteiger partial charge in [-0.2, -0.15) is 5.10 Å². The van der Waals surface area contributed by atoms with E-state index in [9.17, 15) is 0 Å². The predicted octanol–water partition coefficient (Wildman–Crippen LogP) is 3.96. The Morgan fingerprint density at radius 3 is 2.73 bits per heavy atom. The van der Waals surface area contributed by atoms with Crippen molar-refractivity contribution in [3.8, 4) is 0 Å². The van der Waals surface area contributed by atoms with Crippen LogP contribution in [0.1, 0.15) is 50.1 Å². The number of hydrogen-bond acceptors (Lipinski definition) is 5. The van der Waals surface area contributed by atoms with Crippen molar-refractivity contribution in [3.63, 3.8) is 0 Å². The number of hydrogen-bond donors (Lipinski definition) is 1. The summed E-state index contributed by atoms with van der Waals surface area (Å²) < 4.78 is 1.88. The van der Waals surface area contributed by atoms with E-state index in [0.29, 0.717) is 0 Å². The summed E-state index contributed by atoms with van der Waals surface area (Å²) in [5.74, 6) is 0.839. The van der Waals surface area contributed by atoms with Crippen LogP contribution in [0.3, 0.4) is 0 Å². The van der Waals surface area contributed by atoms with Crippen LogP contribution in [-0.4, -0.2) is 19.6 Å². The first kappa shape index (κ1) is 15.0. The van der Waals surface area contributed by atoms with Gasteiger partial charge in [0, 0.05) is 28.9 Å². The van der Waals surface area contributed by atoms with Crippen LogP contribution in [0.2, 0.25) is 0 Å². The molecule has 0 aliphatic rings. The standard InChI is InChI=1S/C16H21N5S/c1-10-9-22-15(18-10)11(2)19-14-12-8-13(16(3,4)5)20-21(12)7-6-17-14/h6-9,11H,1-5H3,(H,17,19). The molecule has 0 aliphatic carbocycles. The normalized spacial score (nSPS) is 13.5. The van der Waals surface area contributed by atoms with Crippen molar-refractivity contribution in [2.75, 3.05) is 5.32 Å². The molecule has 0 saturated heterocycles. The van der Waals surface area contributed by atoms with Gasteiger partial charge in [0.15, 0.2) is 5.82 Å². The van der Waals surface area contributed by atoms with E-state index in [1.54, 1.807) is 17.5 Å². The number of nitrogens with one attached hydrogen (secondary N) is 1. The quantitative estimate of drug-likeness (QED) is 0.794. The summed E-state index contributed by atoms with van der Waals surface area (Å²) in [6, 6.07) is 2.22. The largest absolute Gasteiger partial charge is 0.359 e. The van der Waals surface area contributed by atoms with E-state index in [2.05, 4.69) is 59.5 Å². The van der Waals surface area contributed by atoms with Gasteiger partial charge in [-0.05, 0) is 19.9 Å². The summed E-state index contributed by atoms with van der Waals surface area (Å²) in [7, 11) is 0. The smallest absolute Gasteiger partial charge is 0.152 e. The highest BCUT2D eigenvalue weighted by molar-refractivity contribution is 7.09. The van der Waals surface area contributed by atoms with Crippen molar-refractivity contribution in [1.29, 1.82) is 0 Å². The third-order valence-electron chi connectivity index (χ3n) is 3.52. The van der Waals surface area contributed by atoms with Crippen molar-refractivity contribution < 1.29 is 0 Å². The number of thiazole rings is 1. The average molecular weight is 315 g/mol. The first-order valence-corrected chi connectivity index (χ1v) is 8.26. The minimum Gasteiger partial charge on any atom is -0.359 e. The average Bonchev–Trinajstić information content (AvgIpc) is 3.04. The molecule has 0 bridgehead atoms. The third-order valence-corrected chi connectivity index (χ3v) is 4.66. The zero-order valence-corrected chi connectivity index (χ0v) is 14.4. The van der Waals surface area contributed by atoms with Gasteiger partial charge in [0.05, 0.1) is 11.7 Å². The number of rotatable bonds is 3. The molecule has 0 amide bonds. The van der Waals surface area contributed by atoms with Crippen LogP contribution in [0.5, 0.6) is 0 Å². The molecule has 5 nitrogen and oxygen atoms in total. The van der Waals surface area contributed by atoms with Gasteiger partial charge < -0.3 is 5.32 Å². The number of fused-ring (bicyclic) bond motifs is 1. The zero-order valence-electron chi connectivity index (χ0n) is 13.6.